The highest BCUT2D eigenvalue weighted by molar-refractivity contribution is 5.95. The average Bonchev–Trinajstić information content (AvgIpc) is 3.15. The van der Waals surface area contributed by atoms with Gasteiger partial charge in [0.05, 0.1) is 17.8 Å². The summed E-state index contributed by atoms with van der Waals surface area (Å²) in [4.78, 5) is 24.9. The van der Waals surface area contributed by atoms with E-state index < -0.39 is 5.97 Å². The minimum Gasteiger partial charge on any atom is -0.478 e. The molecule has 5 nitrogen and oxygen atoms in total. The van der Waals surface area contributed by atoms with Gasteiger partial charge in [-0.25, -0.2) is 9.59 Å². The van der Waals surface area contributed by atoms with Crippen molar-refractivity contribution in [1.29, 1.82) is 0 Å². The van der Waals surface area contributed by atoms with Crippen LogP contribution in [0.2, 0.25) is 0 Å². The molecule has 0 bridgehead atoms. The van der Waals surface area contributed by atoms with Gasteiger partial charge >= 0.3 is 11.7 Å². The number of para-hydroxylation sites is 1. The molecule has 5 heteroatoms. The van der Waals surface area contributed by atoms with Gasteiger partial charge in [-0.15, -0.1) is 0 Å². The number of hydrogen-bond acceptors (Lipinski definition) is 2. The van der Waals surface area contributed by atoms with Crippen LogP contribution >= 0.6 is 0 Å². The maximum atomic E-state index is 13.3. The maximum absolute atomic E-state index is 13.3. The first kappa shape index (κ1) is 22.3. The summed E-state index contributed by atoms with van der Waals surface area (Å²) < 4.78 is 3.57. The number of hydrogen-bond donors (Lipinski definition) is 1. The molecule has 168 valence electrons. The van der Waals surface area contributed by atoms with Gasteiger partial charge in [0.25, 0.3) is 0 Å². The largest absolute Gasteiger partial charge is 0.478 e. The topological polar surface area (TPSA) is 64.2 Å². The lowest BCUT2D eigenvalue weighted by Gasteiger charge is -2.10. The third-order valence-electron chi connectivity index (χ3n) is 5.90. The fourth-order valence-corrected chi connectivity index (χ4v) is 4.12. The van der Waals surface area contributed by atoms with E-state index in [1.165, 1.54) is 0 Å². The van der Waals surface area contributed by atoms with Gasteiger partial charge in [-0.05, 0) is 47.7 Å². The molecule has 0 aliphatic carbocycles. The summed E-state index contributed by atoms with van der Waals surface area (Å²) in [6, 6.07) is 24.5. The summed E-state index contributed by atoms with van der Waals surface area (Å²) in [6.07, 6.45) is 6.11. The van der Waals surface area contributed by atoms with Crippen molar-refractivity contribution in [3.8, 4) is 16.8 Å². The molecule has 0 saturated carbocycles. The standard InChI is InChI=1S/C28H28N2O3/c1-2-3-5-12-24-20-30(23-10-6-4-7-11-23)28(33)29(24)19-21-15-17-22(18-16-21)25-13-8-9-14-26(25)27(31)32/h4,6-11,13-18,20H,2-3,5,12,19H2,1H3,(H,31,32). The Bertz CT molecular complexity index is 1280. The number of aryl methyl sites for hydroxylation is 1. The molecule has 0 unspecified atom stereocenters. The van der Waals surface area contributed by atoms with Crippen LogP contribution in [0, 0.1) is 0 Å². The average molecular weight is 441 g/mol. The molecule has 1 heterocycles. The van der Waals surface area contributed by atoms with Crippen LogP contribution < -0.4 is 5.69 Å². The Kier molecular flexibility index (Phi) is 6.89. The minimum absolute atomic E-state index is 0.0482. The first-order valence-electron chi connectivity index (χ1n) is 11.4. The highest BCUT2D eigenvalue weighted by Gasteiger charge is 2.14. The van der Waals surface area contributed by atoms with Crippen molar-refractivity contribution >= 4 is 5.97 Å². The third-order valence-corrected chi connectivity index (χ3v) is 5.90. The number of aromatic carboxylic acids is 1. The third kappa shape index (κ3) is 4.98. The molecule has 0 radical (unpaired) electrons. The molecule has 0 aliphatic rings. The Morgan fingerprint density at radius 3 is 2.27 bits per heavy atom. The number of aromatic nitrogens is 2. The van der Waals surface area contributed by atoms with E-state index in [1.807, 2.05) is 77.5 Å². The molecule has 0 amide bonds. The molecule has 0 fully saturated rings. The highest BCUT2D eigenvalue weighted by atomic mass is 16.4. The molecule has 0 aliphatic heterocycles. The Morgan fingerprint density at radius 1 is 0.879 bits per heavy atom. The molecule has 0 saturated heterocycles. The van der Waals surface area contributed by atoms with E-state index in [0.29, 0.717) is 12.1 Å². The van der Waals surface area contributed by atoms with Crippen molar-refractivity contribution in [2.75, 3.05) is 0 Å². The van der Waals surface area contributed by atoms with Crippen molar-refractivity contribution in [2.45, 2.75) is 39.2 Å². The number of carbonyl (C=O) groups is 1. The predicted octanol–water partition coefficient (Wildman–Crippen LogP) is 5.79. The summed E-state index contributed by atoms with van der Waals surface area (Å²) in [5, 5.41) is 9.48. The number of nitrogens with zero attached hydrogens (tertiary/aromatic N) is 2. The second-order valence-electron chi connectivity index (χ2n) is 8.20. The van der Waals surface area contributed by atoms with E-state index in [1.54, 1.807) is 16.7 Å². The fourth-order valence-electron chi connectivity index (χ4n) is 4.12. The first-order valence-corrected chi connectivity index (χ1v) is 11.4. The molecule has 1 aromatic heterocycles. The highest BCUT2D eigenvalue weighted by Crippen LogP contribution is 2.24. The van der Waals surface area contributed by atoms with E-state index >= 15 is 0 Å². The molecule has 4 rings (SSSR count). The van der Waals surface area contributed by atoms with Crippen LogP contribution in [0.15, 0.2) is 89.9 Å². The van der Waals surface area contributed by atoms with Crippen molar-refractivity contribution in [3.63, 3.8) is 0 Å². The molecular weight excluding hydrogens is 412 g/mol. The van der Waals surface area contributed by atoms with Crippen LogP contribution in [0.5, 0.6) is 0 Å². The maximum Gasteiger partial charge on any atom is 0.336 e. The van der Waals surface area contributed by atoms with Crippen LogP contribution in [0.25, 0.3) is 16.8 Å². The summed E-state index contributed by atoms with van der Waals surface area (Å²) in [6.45, 7) is 2.65. The molecule has 1 N–H and O–H groups in total. The van der Waals surface area contributed by atoms with Gasteiger partial charge in [0.1, 0.15) is 0 Å². The summed E-state index contributed by atoms with van der Waals surface area (Å²) in [7, 11) is 0. The van der Waals surface area contributed by atoms with Crippen LogP contribution in [0.1, 0.15) is 47.8 Å². The van der Waals surface area contributed by atoms with E-state index in [-0.39, 0.29) is 11.3 Å². The Morgan fingerprint density at radius 2 is 1.58 bits per heavy atom. The minimum atomic E-state index is -0.944. The number of rotatable bonds is 9. The van der Waals surface area contributed by atoms with Gasteiger partial charge in [0, 0.05) is 11.9 Å². The lowest BCUT2D eigenvalue weighted by Crippen LogP contribution is -2.24. The molecule has 4 aromatic rings. The monoisotopic (exact) mass is 440 g/mol. The zero-order chi connectivity index (χ0) is 23.2. The summed E-state index contributed by atoms with van der Waals surface area (Å²) in [5.74, 6) is -0.944. The summed E-state index contributed by atoms with van der Waals surface area (Å²) >= 11 is 0. The van der Waals surface area contributed by atoms with Crippen LogP contribution in [0.4, 0.5) is 0 Å². The molecule has 33 heavy (non-hydrogen) atoms. The van der Waals surface area contributed by atoms with Gasteiger partial charge in [0.2, 0.25) is 0 Å². The Balaban J connectivity index is 1.65. The van der Waals surface area contributed by atoms with E-state index in [9.17, 15) is 14.7 Å². The van der Waals surface area contributed by atoms with Crippen molar-refractivity contribution in [2.24, 2.45) is 0 Å². The van der Waals surface area contributed by atoms with Gasteiger partial charge in [-0.2, -0.15) is 0 Å². The van der Waals surface area contributed by atoms with Gasteiger partial charge in [-0.3, -0.25) is 9.13 Å². The SMILES string of the molecule is CCCCCc1cn(-c2ccccc2)c(=O)n1Cc1ccc(-c2ccccc2C(=O)O)cc1. The number of carboxylic acids is 1. The van der Waals surface area contributed by atoms with E-state index in [4.69, 9.17) is 0 Å². The molecular formula is C28H28N2O3. The number of carboxylic acid groups (broad SMARTS) is 1. The first-order chi connectivity index (χ1) is 16.1. The second-order valence-corrected chi connectivity index (χ2v) is 8.20. The number of unbranched alkanes of at least 4 members (excludes halogenated alkanes) is 2. The zero-order valence-electron chi connectivity index (χ0n) is 18.8. The molecule has 0 atom stereocenters. The zero-order valence-corrected chi connectivity index (χ0v) is 18.8. The quantitative estimate of drug-likeness (QED) is 0.335. The number of benzene rings is 3. The van der Waals surface area contributed by atoms with Crippen LogP contribution in [0.3, 0.4) is 0 Å². The van der Waals surface area contributed by atoms with Crippen LogP contribution in [-0.4, -0.2) is 20.2 Å². The lowest BCUT2D eigenvalue weighted by molar-refractivity contribution is 0.0697. The smallest absolute Gasteiger partial charge is 0.336 e. The summed E-state index contributed by atoms with van der Waals surface area (Å²) in [5.41, 5.74) is 4.64. The van der Waals surface area contributed by atoms with Crippen molar-refractivity contribution < 1.29 is 9.90 Å². The molecule has 3 aromatic carbocycles. The fraction of sp³-hybridized carbons (Fsp3) is 0.214. The predicted molar refractivity (Wildman–Crippen MR) is 131 cm³/mol. The van der Waals surface area contributed by atoms with Crippen molar-refractivity contribution in [1.82, 2.24) is 9.13 Å². The normalized spacial score (nSPS) is 10.9. The van der Waals surface area contributed by atoms with E-state index in [2.05, 4.69) is 6.92 Å². The number of imidazole rings is 1. The Labute approximate surface area is 193 Å². The lowest BCUT2D eigenvalue weighted by atomic mass is 9.99. The van der Waals surface area contributed by atoms with Gasteiger partial charge < -0.3 is 5.11 Å². The van der Waals surface area contributed by atoms with Crippen molar-refractivity contribution in [3.05, 3.63) is 112 Å². The van der Waals surface area contributed by atoms with Gasteiger partial charge in [-0.1, -0.05) is 80.4 Å². The van der Waals surface area contributed by atoms with Gasteiger partial charge in [0.15, 0.2) is 0 Å². The van der Waals surface area contributed by atoms with E-state index in [0.717, 1.165) is 48.2 Å². The second kappa shape index (κ2) is 10.2. The Hall–Kier alpha value is -3.86. The molecule has 0 spiro atoms. The van der Waals surface area contributed by atoms with Crippen LogP contribution in [-0.2, 0) is 13.0 Å².